The summed E-state index contributed by atoms with van der Waals surface area (Å²) < 4.78 is 7.91. The van der Waals surface area contributed by atoms with Gasteiger partial charge in [0.1, 0.15) is 0 Å². The molecule has 3 nitrogen and oxygen atoms in total. The molecule has 17 heavy (non-hydrogen) atoms. The molecule has 0 spiro atoms. The minimum absolute atomic E-state index is 0.495. The molecule has 1 fully saturated rings. The molecular weight excluding hydrogens is 212 g/mol. The van der Waals surface area contributed by atoms with Gasteiger partial charge in [-0.2, -0.15) is 0 Å². The molecule has 0 bridgehead atoms. The van der Waals surface area contributed by atoms with Gasteiger partial charge in [-0.25, -0.2) is 0 Å². The molecule has 1 aliphatic rings. The fourth-order valence-electron chi connectivity index (χ4n) is 2.22. The van der Waals surface area contributed by atoms with Crippen molar-refractivity contribution in [2.45, 2.75) is 58.3 Å². The molecule has 0 aliphatic carbocycles. The van der Waals surface area contributed by atoms with Crippen molar-refractivity contribution in [3.05, 3.63) is 24.0 Å². The maximum atomic E-state index is 5.63. The van der Waals surface area contributed by atoms with Crippen LogP contribution in [0.4, 0.5) is 0 Å². The number of rotatable bonds is 6. The Morgan fingerprint density at radius 1 is 1.53 bits per heavy atom. The normalized spacial score (nSPS) is 20.3. The van der Waals surface area contributed by atoms with Crippen LogP contribution in [0.25, 0.3) is 0 Å². The van der Waals surface area contributed by atoms with E-state index in [-0.39, 0.29) is 0 Å². The number of aromatic nitrogens is 1. The van der Waals surface area contributed by atoms with Gasteiger partial charge in [0.2, 0.25) is 0 Å². The average Bonchev–Trinajstić information content (AvgIpc) is 2.95. The van der Waals surface area contributed by atoms with E-state index < -0.39 is 0 Å². The highest BCUT2D eigenvalue weighted by atomic mass is 16.5. The van der Waals surface area contributed by atoms with Gasteiger partial charge in [0.05, 0.1) is 6.10 Å². The first-order chi connectivity index (χ1) is 8.24. The van der Waals surface area contributed by atoms with E-state index in [1.54, 1.807) is 0 Å². The van der Waals surface area contributed by atoms with Gasteiger partial charge in [0, 0.05) is 38.1 Å². The van der Waals surface area contributed by atoms with Crippen molar-refractivity contribution in [3.8, 4) is 0 Å². The van der Waals surface area contributed by atoms with E-state index in [0.717, 1.165) is 26.1 Å². The standard InChI is InChI=1S/C14H24N2O/c1-12(2)15-10-13-5-7-16(11-13)8-6-14-4-3-9-17-14/h5,7,11-12,14-15H,3-4,6,8-10H2,1-2H3. The summed E-state index contributed by atoms with van der Waals surface area (Å²) in [5.74, 6) is 0. The van der Waals surface area contributed by atoms with Gasteiger partial charge in [-0.15, -0.1) is 0 Å². The molecule has 1 unspecified atom stereocenters. The molecule has 1 aromatic rings. The number of aryl methyl sites for hydroxylation is 1. The molecular formula is C14H24N2O. The monoisotopic (exact) mass is 236 g/mol. The molecule has 1 N–H and O–H groups in total. The predicted octanol–water partition coefficient (Wildman–Crippen LogP) is 2.56. The van der Waals surface area contributed by atoms with Gasteiger partial charge in [-0.3, -0.25) is 0 Å². The van der Waals surface area contributed by atoms with Gasteiger partial charge >= 0.3 is 0 Å². The lowest BCUT2D eigenvalue weighted by Gasteiger charge is -2.09. The van der Waals surface area contributed by atoms with Crippen LogP contribution in [0, 0.1) is 0 Å². The quantitative estimate of drug-likeness (QED) is 0.821. The molecule has 3 heteroatoms. The Morgan fingerprint density at radius 2 is 2.41 bits per heavy atom. The second-order valence-electron chi connectivity index (χ2n) is 5.22. The van der Waals surface area contributed by atoms with E-state index in [2.05, 4.69) is 42.2 Å². The maximum absolute atomic E-state index is 5.63. The van der Waals surface area contributed by atoms with Crippen LogP contribution in [0.2, 0.25) is 0 Å². The highest BCUT2D eigenvalue weighted by Crippen LogP contribution is 2.16. The summed E-state index contributed by atoms with van der Waals surface area (Å²) in [7, 11) is 0. The number of nitrogens with one attached hydrogen (secondary N) is 1. The van der Waals surface area contributed by atoms with Crippen LogP contribution in [0.5, 0.6) is 0 Å². The molecule has 1 aromatic heterocycles. The number of hydrogen-bond donors (Lipinski definition) is 1. The Balaban J connectivity index is 1.73. The lowest BCUT2D eigenvalue weighted by atomic mass is 10.2. The summed E-state index contributed by atoms with van der Waals surface area (Å²) in [6, 6.07) is 2.75. The number of ether oxygens (including phenoxy) is 1. The maximum Gasteiger partial charge on any atom is 0.0593 e. The van der Waals surface area contributed by atoms with E-state index in [9.17, 15) is 0 Å². The molecule has 0 amide bonds. The minimum atomic E-state index is 0.495. The second kappa shape index (κ2) is 6.22. The largest absolute Gasteiger partial charge is 0.378 e. The van der Waals surface area contributed by atoms with Gasteiger partial charge in [-0.1, -0.05) is 13.8 Å². The van der Waals surface area contributed by atoms with E-state index in [0.29, 0.717) is 12.1 Å². The Hall–Kier alpha value is -0.800. The third kappa shape index (κ3) is 4.17. The zero-order chi connectivity index (χ0) is 12.1. The van der Waals surface area contributed by atoms with Crippen molar-refractivity contribution >= 4 is 0 Å². The Morgan fingerprint density at radius 3 is 3.12 bits per heavy atom. The molecule has 1 saturated heterocycles. The fourth-order valence-corrected chi connectivity index (χ4v) is 2.22. The summed E-state index contributed by atoms with van der Waals surface area (Å²) in [5, 5.41) is 3.43. The van der Waals surface area contributed by atoms with Crippen molar-refractivity contribution in [2.75, 3.05) is 6.61 Å². The van der Waals surface area contributed by atoms with Crippen LogP contribution in [-0.4, -0.2) is 23.3 Å². The molecule has 2 heterocycles. The summed E-state index contributed by atoms with van der Waals surface area (Å²) in [5.41, 5.74) is 1.37. The first kappa shape index (κ1) is 12.7. The lowest BCUT2D eigenvalue weighted by molar-refractivity contribution is 0.100. The molecule has 2 rings (SSSR count). The van der Waals surface area contributed by atoms with Gasteiger partial charge in [-0.05, 0) is 30.9 Å². The third-order valence-electron chi connectivity index (χ3n) is 3.26. The number of hydrogen-bond acceptors (Lipinski definition) is 2. The van der Waals surface area contributed by atoms with Gasteiger partial charge in [0.15, 0.2) is 0 Å². The molecule has 1 atom stereocenters. The predicted molar refractivity (Wildman–Crippen MR) is 70.0 cm³/mol. The highest BCUT2D eigenvalue weighted by molar-refractivity contribution is 5.10. The Bertz CT molecular complexity index is 327. The van der Waals surface area contributed by atoms with E-state index in [1.807, 2.05) is 0 Å². The van der Waals surface area contributed by atoms with Crippen LogP contribution in [0.1, 0.15) is 38.7 Å². The van der Waals surface area contributed by atoms with Crippen LogP contribution in [-0.2, 0) is 17.8 Å². The smallest absolute Gasteiger partial charge is 0.0593 e. The van der Waals surface area contributed by atoms with Crippen molar-refractivity contribution in [2.24, 2.45) is 0 Å². The van der Waals surface area contributed by atoms with Gasteiger partial charge in [0.25, 0.3) is 0 Å². The zero-order valence-electron chi connectivity index (χ0n) is 11.0. The van der Waals surface area contributed by atoms with Crippen LogP contribution in [0.15, 0.2) is 18.5 Å². The van der Waals surface area contributed by atoms with Crippen molar-refractivity contribution < 1.29 is 4.74 Å². The summed E-state index contributed by atoms with van der Waals surface area (Å²) in [4.78, 5) is 0. The highest BCUT2D eigenvalue weighted by Gasteiger charge is 2.14. The van der Waals surface area contributed by atoms with Crippen LogP contribution < -0.4 is 5.32 Å². The van der Waals surface area contributed by atoms with Crippen molar-refractivity contribution in [3.63, 3.8) is 0 Å². The lowest BCUT2D eigenvalue weighted by Crippen LogP contribution is -2.21. The third-order valence-corrected chi connectivity index (χ3v) is 3.26. The molecule has 1 aliphatic heterocycles. The van der Waals surface area contributed by atoms with E-state index in [1.165, 1.54) is 18.4 Å². The summed E-state index contributed by atoms with van der Waals surface area (Å²) in [6.45, 7) is 7.35. The summed E-state index contributed by atoms with van der Waals surface area (Å²) >= 11 is 0. The van der Waals surface area contributed by atoms with Crippen LogP contribution >= 0.6 is 0 Å². The average molecular weight is 236 g/mol. The molecule has 0 saturated carbocycles. The first-order valence-corrected chi connectivity index (χ1v) is 6.73. The Labute approximate surface area is 104 Å². The van der Waals surface area contributed by atoms with Crippen LogP contribution in [0.3, 0.4) is 0 Å². The minimum Gasteiger partial charge on any atom is -0.378 e. The second-order valence-corrected chi connectivity index (χ2v) is 5.22. The summed E-state index contributed by atoms with van der Waals surface area (Å²) in [6.07, 6.45) is 8.53. The fraction of sp³-hybridized carbons (Fsp3) is 0.714. The van der Waals surface area contributed by atoms with Crippen molar-refractivity contribution in [1.29, 1.82) is 0 Å². The SMILES string of the molecule is CC(C)NCc1ccn(CCC2CCCO2)c1. The topological polar surface area (TPSA) is 26.2 Å². The molecule has 96 valence electrons. The van der Waals surface area contributed by atoms with Crippen molar-refractivity contribution in [1.82, 2.24) is 9.88 Å². The van der Waals surface area contributed by atoms with Gasteiger partial charge < -0.3 is 14.6 Å². The first-order valence-electron chi connectivity index (χ1n) is 6.73. The molecule has 0 radical (unpaired) electrons. The zero-order valence-corrected chi connectivity index (χ0v) is 11.0. The number of nitrogens with zero attached hydrogens (tertiary/aromatic N) is 1. The van der Waals surface area contributed by atoms with E-state index in [4.69, 9.17) is 4.74 Å². The van der Waals surface area contributed by atoms with E-state index >= 15 is 0 Å². The Kier molecular flexibility index (Phi) is 4.63. The molecule has 0 aromatic carbocycles.